The number of halogens is 1. The number of nitrogens with zero attached hydrogens (tertiary/aromatic N) is 2. The van der Waals surface area contributed by atoms with E-state index in [0.29, 0.717) is 17.1 Å². The van der Waals surface area contributed by atoms with Crippen LogP contribution < -0.4 is 0 Å². The molecule has 0 N–H and O–H groups in total. The summed E-state index contributed by atoms with van der Waals surface area (Å²) in [6.45, 7) is 5.12. The van der Waals surface area contributed by atoms with Crippen LogP contribution in [0.15, 0.2) is 35.9 Å². The van der Waals surface area contributed by atoms with Gasteiger partial charge < -0.3 is 0 Å². The Morgan fingerprint density at radius 2 is 2.07 bits per heavy atom. The SMILES string of the molecule is C=C(Cl)CN(C)Cc1ccc(C#N)cc1. The average molecular weight is 221 g/mol. The van der Waals surface area contributed by atoms with Gasteiger partial charge in [-0.05, 0) is 24.7 Å². The second-order valence-corrected chi connectivity index (χ2v) is 4.03. The van der Waals surface area contributed by atoms with Gasteiger partial charge in [0.05, 0.1) is 11.6 Å². The molecule has 0 amide bonds. The number of nitriles is 1. The quantitative estimate of drug-likeness (QED) is 0.780. The van der Waals surface area contributed by atoms with Crippen molar-refractivity contribution in [1.82, 2.24) is 4.90 Å². The monoisotopic (exact) mass is 220 g/mol. The zero-order chi connectivity index (χ0) is 11.3. The van der Waals surface area contributed by atoms with Gasteiger partial charge in [0.2, 0.25) is 0 Å². The molecule has 0 fully saturated rings. The molecular weight excluding hydrogens is 208 g/mol. The molecule has 0 spiro atoms. The zero-order valence-electron chi connectivity index (χ0n) is 8.70. The molecule has 0 aromatic heterocycles. The van der Waals surface area contributed by atoms with E-state index < -0.39 is 0 Å². The Kier molecular flexibility index (Phi) is 4.36. The highest BCUT2D eigenvalue weighted by atomic mass is 35.5. The summed E-state index contributed by atoms with van der Waals surface area (Å²) in [4.78, 5) is 2.07. The van der Waals surface area contributed by atoms with E-state index in [1.165, 1.54) is 0 Å². The number of rotatable bonds is 4. The van der Waals surface area contributed by atoms with E-state index in [-0.39, 0.29) is 0 Å². The molecule has 0 heterocycles. The van der Waals surface area contributed by atoms with E-state index >= 15 is 0 Å². The third-order valence-corrected chi connectivity index (χ3v) is 2.10. The van der Waals surface area contributed by atoms with E-state index in [4.69, 9.17) is 16.9 Å². The van der Waals surface area contributed by atoms with Gasteiger partial charge in [0.15, 0.2) is 0 Å². The molecule has 1 aromatic rings. The molecule has 0 saturated heterocycles. The fraction of sp³-hybridized carbons (Fsp3) is 0.250. The van der Waals surface area contributed by atoms with Gasteiger partial charge in [-0.15, -0.1) is 0 Å². The predicted molar refractivity (Wildman–Crippen MR) is 62.5 cm³/mol. The molecule has 0 saturated carbocycles. The van der Waals surface area contributed by atoms with Crippen LogP contribution >= 0.6 is 11.6 Å². The minimum atomic E-state index is 0.631. The highest BCUT2D eigenvalue weighted by Gasteiger charge is 2.01. The van der Waals surface area contributed by atoms with Crippen molar-refractivity contribution in [3.05, 3.63) is 47.0 Å². The van der Waals surface area contributed by atoms with Crippen LogP contribution in [0.3, 0.4) is 0 Å². The van der Waals surface area contributed by atoms with Crippen molar-refractivity contribution in [2.24, 2.45) is 0 Å². The topological polar surface area (TPSA) is 27.0 Å². The molecule has 0 bridgehead atoms. The van der Waals surface area contributed by atoms with Gasteiger partial charge in [0, 0.05) is 18.1 Å². The van der Waals surface area contributed by atoms with E-state index in [1.807, 2.05) is 31.3 Å². The van der Waals surface area contributed by atoms with Gasteiger partial charge in [-0.2, -0.15) is 5.26 Å². The third-order valence-electron chi connectivity index (χ3n) is 1.98. The molecule has 0 atom stereocenters. The van der Waals surface area contributed by atoms with Crippen LogP contribution in [0, 0.1) is 11.3 Å². The summed E-state index contributed by atoms with van der Waals surface area (Å²) < 4.78 is 0. The first kappa shape index (κ1) is 11.8. The summed E-state index contributed by atoms with van der Waals surface area (Å²) in [7, 11) is 1.98. The largest absolute Gasteiger partial charge is 0.297 e. The minimum Gasteiger partial charge on any atom is -0.297 e. The molecule has 0 aliphatic rings. The lowest BCUT2D eigenvalue weighted by Gasteiger charge is -2.15. The molecule has 0 radical (unpaired) electrons. The lowest BCUT2D eigenvalue weighted by atomic mass is 10.1. The molecule has 0 aliphatic carbocycles. The lowest BCUT2D eigenvalue weighted by molar-refractivity contribution is 0.361. The summed E-state index contributed by atoms with van der Waals surface area (Å²) in [5.41, 5.74) is 1.84. The summed E-state index contributed by atoms with van der Waals surface area (Å²) in [5, 5.41) is 9.27. The normalized spacial score (nSPS) is 10.0. The molecule has 1 aromatic carbocycles. The summed E-state index contributed by atoms with van der Waals surface area (Å²) >= 11 is 5.71. The average Bonchev–Trinajstić information content (AvgIpc) is 2.17. The van der Waals surface area contributed by atoms with Crippen molar-refractivity contribution in [2.75, 3.05) is 13.6 Å². The second-order valence-electron chi connectivity index (χ2n) is 3.50. The van der Waals surface area contributed by atoms with Crippen LogP contribution in [0.5, 0.6) is 0 Å². The maximum Gasteiger partial charge on any atom is 0.0991 e. The minimum absolute atomic E-state index is 0.631. The first-order valence-electron chi connectivity index (χ1n) is 4.62. The fourth-order valence-electron chi connectivity index (χ4n) is 1.35. The van der Waals surface area contributed by atoms with Gasteiger partial charge in [0.25, 0.3) is 0 Å². The summed E-state index contributed by atoms with van der Waals surface area (Å²) in [5.74, 6) is 0. The van der Waals surface area contributed by atoms with Gasteiger partial charge >= 0.3 is 0 Å². The van der Waals surface area contributed by atoms with E-state index in [2.05, 4.69) is 17.5 Å². The number of hydrogen-bond donors (Lipinski definition) is 0. The third kappa shape index (κ3) is 4.16. The summed E-state index contributed by atoms with van der Waals surface area (Å²) in [6.07, 6.45) is 0. The van der Waals surface area contributed by atoms with Crippen molar-refractivity contribution >= 4 is 11.6 Å². The standard InChI is InChI=1S/C12H13ClN2/c1-10(13)8-15(2)9-12-5-3-11(7-14)4-6-12/h3-6H,1,8-9H2,2H3. The maximum absolute atomic E-state index is 8.64. The van der Waals surface area contributed by atoms with Crippen molar-refractivity contribution in [1.29, 1.82) is 5.26 Å². The van der Waals surface area contributed by atoms with Crippen molar-refractivity contribution < 1.29 is 0 Å². The Morgan fingerprint density at radius 1 is 1.47 bits per heavy atom. The van der Waals surface area contributed by atoms with Crippen molar-refractivity contribution in [3.63, 3.8) is 0 Å². The summed E-state index contributed by atoms with van der Waals surface area (Å²) in [6, 6.07) is 9.63. The smallest absolute Gasteiger partial charge is 0.0991 e. The molecule has 1 rings (SSSR count). The first-order valence-corrected chi connectivity index (χ1v) is 5.00. The number of hydrogen-bond acceptors (Lipinski definition) is 2. The molecule has 15 heavy (non-hydrogen) atoms. The van der Waals surface area contributed by atoms with E-state index in [9.17, 15) is 0 Å². The van der Waals surface area contributed by atoms with Crippen LogP contribution in [-0.4, -0.2) is 18.5 Å². The molecule has 2 nitrogen and oxygen atoms in total. The fourth-order valence-corrected chi connectivity index (χ4v) is 1.55. The highest BCUT2D eigenvalue weighted by Crippen LogP contribution is 2.08. The van der Waals surface area contributed by atoms with Gasteiger partial charge in [0.1, 0.15) is 0 Å². The first-order chi connectivity index (χ1) is 7.11. The molecular formula is C12H13ClN2. The van der Waals surface area contributed by atoms with Crippen molar-refractivity contribution in [2.45, 2.75) is 6.54 Å². The Morgan fingerprint density at radius 3 is 2.53 bits per heavy atom. The van der Waals surface area contributed by atoms with Gasteiger partial charge in [-0.3, -0.25) is 4.90 Å². The molecule has 0 unspecified atom stereocenters. The number of likely N-dealkylation sites (N-methyl/N-ethyl adjacent to an activating group) is 1. The Hall–Kier alpha value is -1.30. The van der Waals surface area contributed by atoms with Crippen LogP contribution in [0.4, 0.5) is 0 Å². The van der Waals surface area contributed by atoms with Crippen LogP contribution in [-0.2, 0) is 6.54 Å². The molecule has 0 aliphatic heterocycles. The van der Waals surface area contributed by atoms with Crippen LogP contribution in [0.25, 0.3) is 0 Å². The molecule has 78 valence electrons. The van der Waals surface area contributed by atoms with Crippen LogP contribution in [0.2, 0.25) is 0 Å². The number of benzene rings is 1. The van der Waals surface area contributed by atoms with E-state index in [0.717, 1.165) is 12.1 Å². The Balaban J connectivity index is 2.58. The Bertz CT molecular complexity index is 376. The predicted octanol–water partition coefficient (Wildman–Crippen LogP) is 2.74. The molecule has 3 heteroatoms. The van der Waals surface area contributed by atoms with Gasteiger partial charge in [-0.1, -0.05) is 30.3 Å². The highest BCUT2D eigenvalue weighted by molar-refractivity contribution is 6.29. The van der Waals surface area contributed by atoms with Gasteiger partial charge in [-0.25, -0.2) is 0 Å². The zero-order valence-corrected chi connectivity index (χ0v) is 9.46. The Labute approximate surface area is 95.4 Å². The van der Waals surface area contributed by atoms with E-state index in [1.54, 1.807) is 0 Å². The second kappa shape index (κ2) is 5.55. The van der Waals surface area contributed by atoms with Crippen molar-refractivity contribution in [3.8, 4) is 6.07 Å². The maximum atomic E-state index is 8.64. The van der Waals surface area contributed by atoms with Crippen LogP contribution in [0.1, 0.15) is 11.1 Å². The lowest BCUT2D eigenvalue weighted by Crippen LogP contribution is -2.18.